The van der Waals surface area contributed by atoms with Crippen molar-refractivity contribution in [3.63, 3.8) is 0 Å². The standard InChI is InChI=1S/C13H14F6N2O/c14-12(15,16)11(21-6-4-20-5-7-21)9-2-1-3-10(8-9)22-13(17,18)19/h1-3,8,11,20H,4-7H2/t11-/m1/s1. The summed E-state index contributed by atoms with van der Waals surface area (Å²) >= 11 is 0. The van der Waals surface area contributed by atoms with Crippen molar-refractivity contribution >= 4 is 0 Å². The molecule has 0 bridgehead atoms. The molecule has 1 heterocycles. The third-order valence-electron chi connectivity index (χ3n) is 3.23. The second kappa shape index (κ2) is 6.33. The van der Waals surface area contributed by atoms with Gasteiger partial charge in [0.05, 0.1) is 0 Å². The Morgan fingerprint density at radius 2 is 1.68 bits per heavy atom. The predicted octanol–water partition coefficient (Wildman–Crippen LogP) is 3.09. The van der Waals surface area contributed by atoms with Gasteiger partial charge in [0.2, 0.25) is 0 Å². The first kappa shape index (κ1) is 16.9. The number of benzene rings is 1. The van der Waals surface area contributed by atoms with Crippen LogP contribution in [0.1, 0.15) is 11.6 Å². The zero-order chi connectivity index (χ0) is 16.4. The lowest BCUT2D eigenvalue weighted by Gasteiger charge is -2.36. The smallest absolute Gasteiger partial charge is 0.406 e. The Hall–Kier alpha value is -1.48. The van der Waals surface area contributed by atoms with Crippen molar-refractivity contribution in [2.45, 2.75) is 18.6 Å². The van der Waals surface area contributed by atoms with Gasteiger partial charge in [-0.2, -0.15) is 13.2 Å². The van der Waals surface area contributed by atoms with Gasteiger partial charge >= 0.3 is 12.5 Å². The molecule has 1 N–H and O–H groups in total. The normalized spacial score (nSPS) is 19.0. The highest BCUT2D eigenvalue weighted by Crippen LogP contribution is 2.39. The van der Waals surface area contributed by atoms with Crippen molar-refractivity contribution in [2.75, 3.05) is 26.2 Å². The summed E-state index contributed by atoms with van der Waals surface area (Å²) < 4.78 is 80.3. The van der Waals surface area contributed by atoms with Crippen molar-refractivity contribution in [1.82, 2.24) is 10.2 Å². The molecule has 1 aromatic rings. The first-order valence-electron chi connectivity index (χ1n) is 6.54. The minimum Gasteiger partial charge on any atom is -0.406 e. The van der Waals surface area contributed by atoms with E-state index in [1.165, 1.54) is 4.90 Å². The number of hydrogen-bond donors (Lipinski definition) is 1. The van der Waals surface area contributed by atoms with Crippen LogP contribution in [0, 0.1) is 0 Å². The van der Waals surface area contributed by atoms with Crippen LogP contribution in [0.2, 0.25) is 0 Å². The maximum atomic E-state index is 13.3. The van der Waals surface area contributed by atoms with Crippen molar-refractivity contribution in [3.05, 3.63) is 29.8 Å². The van der Waals surface area contributed by atoms with Crippen molar-refractivity contribution in [1.29, 1.82) is 0 Å². The van der Waals surface area contributed by atoms with Crippen LogP contribution in [-0.2, 0) is 0 Å². The molecule has 1 fully saturated rings. The minimum absolute atomic E-state index is 0.161. The number of nitrogens with one attached hydrogen (secondary N) is 1. The third kappa shape index (κ3) is 4.51. The monoisotopic (exact) mass is 328 g/mol. The summed E-state index contributed by atoms with van der Waals surface area (Å²) in [7, 11) is 0. The van der Waals surface area contributed by atoms with Crippen LogP contribution in [0.25, 0.3) is 0 Å². The summed E-state index contributed by atoms with van der Waals surface area (Å²) in [6.45, 7) is 1.11. The van der Waals surface area contributed by atoms with Gasteiger partial charge in [-0.05, 0) is 17.7 Å². The molecule has 124 valence electrons. The molecule has 0 aromatic heterocycles. The van der Waals surface area contributed by atoms with E-state index in [-0.39, 0.29) is 18.7 Å². The summed E-state index contributed by atoms with van der Waals surface area (Å²) in [6.07, 6.45) is -9.53. The van der Waals surface area contributed by atoms with E-state index in [0.717, 1.165) is 24.3 Å². The first-order chi connectivity index (χ1) is 10.2. The highest BCUT2D eigenvalue weighted by atomic mass is 19.4. The lowest BCUT2D eigenvalue weighted by molar-refractivity contribution is -0.274. The van der Waals surface area contributed by atoms with Gasteiger partial charge in [0, 0.05) is 26.2 Å². The Morgan fingerprint density at radius 3 is 2.23 bits per heavy atom. The second-order valence-corrected chi connectivity index (χ2v) is 4.85. The molecule has 0 amide bonds. The number of alkyl halides is 6. The molecule has 1 atom stereocenters. The minimum atomic E-state index is -4.94. The Kier molecular flexibility index (Phi) is 4.86. The maximum Gasteiger partial charge on any atom is 0.573 e. The van der Waals surface area contributed by atoms with Crippen molar-refractivity contribution < 1.29 is 31.1 Å². The zero-order valence-corrected chi connectivity index (χ0v) is 11.3. The number of rotatable bonds is 3. The average molecular weight is 328 g/mol. The fourth-order valence-electron chi connectivity index (χ4n) is 2.43. The molecule has 1 aliphatic rings. The number of ether oxygens (including phenoxy) is 1. The molecule has 0 unspecified atom stereocenters. The SMILES string of the molecule is FC(F)(F)Oc1cccc([C@@H](N2CCNCC2)C(F)(F)F)c1. The number of nitrogens with zero attached hydrogens (tertiary/aromatic N) is 1. The number of halogens is 6. The largest absolute Gasteiger partial charge is 0.573 e. The lowest BCUT2D eigenvalue weighted by atomic mass is 10.0. The predicted molar refractivity (Wildman–Crippen MR) is 66.4 cm³/mol. The summed E-state index contributed by atoms with van der Waals surface area (Å²) in [5.41, 5.74) is -0.267. The Labute approximate surface area is 122 Å². The van der Waals surface area contributed by atoms with E-state index in [1.807, 2.05) is 0 Å². The van der Waals surface area contributed by atoms with E-state index < -0.39 is 24.3 Å². The van der Waals surface area contributed by atoms with Gasteiger partial charge in [-0.25, -0.2) is 0 Å². The van der Waals surface area contributed by atoms with Crippen LogP contribution in [0.3, 0.4) is 0 Å². The van der Waals surface area contributed by atoms with E-state index in [1.54, 1.807) is 0 Å². The zero-order valence-electron chi connectivity index (χ0n) is 11.3. The summed E-state index contributed by atoms with van der Waals surface area (Å²) in [5, 5.41) is 2.93. The second-order valence-electron chi connectivity index (χ2n) is 4.85. The van der Waals surface area contributed by atoms with E-state index in [0.29, 0.717) is 13.1 Å². The van der Waals surface area contributed by atoms with Crippen LogP contribution < -0.4 is 10.1 Å². The van der Waals surface area contributed by atoms with Crippen molar-refractivity contribution in [2.24, 2.45) is 0 Å². The van der Waals surface area contributed by atoms with Gasteiger partial charge < -0.3 is 10.1 Å². The molecule has 0 saturated carbocycles. The molecular formula is C13H14F6N2O. The molecule has 1 aliphatic heterocycles. The molecular weight excluding hydrogens is 314 g/mol. The molecule has 3 nitrogen and oxygen atoms in total. The Bertz CT molecular complexity index is 496. The van der Waals surface area contributed by atoms with E-state index in [4.69, 9.17) is 0 Å². The first-order valence-corrected chi connectivity index (χ1v) is 6.54. The molecule has 22 heavy (non-hydrogen) atoms. The van der Waals surface area contributed by atoms with E-state index in [2.05, 4.69) is 10.1 Å². The molecule has 9 heteroatoms. The average Bonchev–Trinajstić information content (AvgIpc) is 2.37. The highest BCUT2D eigenvalue weighted by molar-refractivity contribution is 5.31. The maximum absolute atomic E-state index is 13.3. The van der Waals surface area contributed by atoms with Gasteiger partial charge in [-0.3, -0.25) is 4.90 Å². The Morgan fingerprint density at radius 1 is 1.05 bits per heavy atom. The van der Waals surface area contributed by atoms with Crippen LogP contribution in [-0.4, -0.2) is 43.6 Å². The summed E-state index contributed by atoms with van der Waals surface area (Å²) in [6, 6.07) is 2.09. The van der Waals surface area contributed by atoms with Gasteiger partial charge in [-0.15, -0.1) is 13.2 Å². The molecule has 1 aromatic carbocycles. The summed E-state index contributed by atoms with van der Waals surface area (Å²) in [5.74, 6) is -0.658. The van der Waals surface area contributed by atoms with E-state index in [9.17, 15) is 26.3 Å². The van der Waals surface area contributed by atoms with Gasteiger partial charge in [0.25, 0.3) is 0 Å². The van der Waals surface area contributed by atoms with Gasteiger partial charge in [-0.1, -0.05) is 12.1 Å². The molecule has 0 spiro atoms. The molecule has 0 aliphatic carbocycles. The van der Waals surface area contributed by atoms with Crippen molar-refractivity contribution in [3.8, 4) is 5.75 Å². The highest BCUT2D eigenvalue weighted by Gasteiger charge is 2.45. The fourth-order valence-corrected chi connectivity index (χ4v) is 2.43. The Balaban J connectivity index is 2.29. The molecule has 1 saturated heterocycles. The number of piperazine rings is 1. The summed E-state index contributed by atoms with van der Waals surface area (Å²) in [4.78, 5) is 1.20. The van der Waals surface area contributed by atoms with Crippen LogP contribution >= 0.6 is 0 Å². The molecule has 2 rings (SSSR count). The molecule has 0 radical (unpaired) electrons. The van der Waals surface area contributed by atoms with Crippen LogP contribution in [0.4, 0.5) is 26.3 Å². The topological polar surface area (TPSA) is 24.5 Å². The van der Waals surface area contributed by atoms with Gasteiger partial charge in [0.15, 0.2) is 0 Å². The quantitative estimate of drug-likeness (QED) is 0.863. The lowest BCUT2D eigenvalue weighted by Crippen LogP contribution is -2.49. The van der Waals surface area contributed by atoms with E-state index >= 15 is 0 Å². The van der Waals surface area contributed by atoms with Crippen LogP contribution in [0.5, 0.6) is 5.75 Å². The van der Waals surface area contributed by atoms with Crippen LogP contribution in [0.15, 0.2) is 24.3 Å². The van der Waals surface area contributed by atoms with Gasteiger partial charge in [0.1, 0.15) is 11.8 Å². The fraction of sp³-hybridized carbons (Fsp3) is 0.538. The number of hydrogen-bond acceptors (Lipinski definition) is 3. The third-order valence-corrected chi connectivity index (χ3v) is 3.23.